The molecule has 0 radical (unpaired) electrons. The number of carboxylic acids is 1. The number of rotatable bonds is 8. The molecule has 3 aromatic rings. The maximum atomic E-state index is 15.4. The van der Waals surface area contributed by atoms with Gasteiger partial charge in [0.2, 0.25) is 23.6 Å². The first-order chi connectivity index (χ1) is 23.9. The Morgan fingerprint density at radius 3 is 2.40 bits per heavy atom. The van der Waals surface area contributed by atoms with E-state index in [4.69, 9.17) is 16.3 Å². The van der Waals surface area contributed by atoms with E-state index in [-0.39, 0.29) is 54.1 Å². The normalized spacial score (nSPS) is 27.2. The van der Waals surface area contributed by atoms with Crippen LogP contribution in [-0.4, -0.2) is 58.4 Å². The van der Waals surface area contributed by atoms with Gasteiger partial charge in [-0.25, -0.2) is 4.90 Å². The monoisotopic (exact) mass is 824 g/mol. The number of nitrogens with zero attached hydrogens (tertiary/aromatic N) is 2. The van der Waals surface area contributed by atoms with Crippen LogP contribution in [-0.2, 0) is 29.4 Å². The quantitative estimate of drug-likeness (QED) is 0.191. The lowest BCUT2D eigenvalue weighted by Crippen LogP contribution is -2.53. The highest BCUT2D eigenvalue weighted by Crippen LogP contribution is 2.66. The highest BCUT2D eigenvalue weighted by atomic mass is 79.9. The minimum absolute atomic E-state index is 0.0204. The average molecular weight is 827 g/mol. The topological polar surface area (TPSA) is 142 Å². The minimum Gasteiger partial charge on any atom is -0.503 e. The third kappa shape index (κ3) is 5.04. The van der Waals surface area contributed by atoms with Crippen molar-refractivity contribution >= 4 is 78.7 Å². The van der Waals surface area contributed by atoms with Gasteiger partial charge in [0.1, 0.15) is 0 Å². The lowest BCUT2D eigenvalue weighted by molar-refractivity contribution is -0.142. The number of imide groups is 2. The lowest BCUT2D eigenvalue weighted by Gasteiger charge is -2.51. The number of phenolic OH excluding ortho intramolecular Hbond substituents is 1. The van der Waals surface area contributed by atoms with Crippen LogP contribution in [0.4, 0.5) is 5.69 Å². The van der Waals surface area contributed by atoms with Crippen LogP contribution in [0, 0.1) is 23.7 Å². The smallest absolute Gasteiger partial charge is 0.303 e. The van der Waals surface area contributed by atoms with Gasteiger partial charge in [0, 0.05) is 28.4 Å². The number of amides is 4. The molecule has 258 valence electrons. The molecule has 10 nitrogen and oxygen atoms in total. The van der Waals surface area contributed by atoms with Crippen molar-refractivity contribution in [1.29, 1.82) is 0 Å². The standard InChI is InChI=1S/C37H31Br2ClN2O8/c1-50-26-17-24(30(38)31(39)32(26)45)29-21-12-13-22-28(35(48)41(33(22)46)14-6-11-27(43)44)23(21)16-25-34(47)42(20-10-5-9-19(40)15-20)36(49)37(25,29)18-7-3-2-4-8-18/h2-5,7-10,12,15,17,22-23,25,28-29,45H,6,11,13-14,16H2,1H3,(H,43,44)/t22-,23+,25-,28-,29+,37+/m0/s1. The second kappa shape index (κ2) is 13.0. The van der Waals surface area contributed by atoms with Gasteiger partial charge in [-0.3, -0.25) is 28.9 Å². The number of ether oxygens (including phenoxy) is 1. The number of carboxylic acid groups (broad SMARTS) is 1. The molecule has 2 heterocycles. The first-order valence-electron chi connectivity index (χ1n) is 16.1. The fourth-order valence-electron chi connectivity index (χ4n) is 8.74. The Hall–Kier alpha value is -4.00. The van der Waals surface area contributed by atoms with Gasteiger partial charge in [0.15, 0.2) is 11.5 Å². The van der Waals surface area contributed by atoms with Crippen LogP contribution < -0.4 is 9.64 Å². The van der Waals surface area contributed by atoms with E-state index in [0.29, 0.717) is 26.3 Å². The third-order valence-corrected chi connectivity index (χ3v) is 13.1. The minimum atomic E-state index is -1.52. The van der Waals surface area contributed by atoms with Crippen LogP contribution in [0.2, 0.25) is 5.02 Å². The molecule has 0 bridgehead atoms. The van der Waals surface area contributed by atoms with Crippen LogP contribution in [0.5, 0.6) is 11.5 Å². The number of anilines is 1. The van der Waals surface area contributed by atoms with Crippen molar-refractivity contribution < 1.29 is 38.9 Å². The molecule has 0 aromatic heterocycles. The van der Waals surface area contributed by atoms with Gasteiger partial charge < -0.3 is 14.9 Å². The van der Waals surface area contributed by atoms with E-state index in [0.717, 1.165) is 5.57 Å². The van der Waals surface area contributed by atoms with Crippen molar-refractivity contribution in [3.05, 3.63) is 97.4 Å². The number of methoxy groups -OCH3 is 1. The van der Waals surface area contributed by atoms with E-state index >= 15 is 4.79 Å². The molecule has 50 heavy (non-hydrogen) atoms. The summed E-state index contributed by atoms with van der Waals surface area (Å²) in [6, 6.07) is 17.3. The number of fused-ring (bicyclic) bond motifs is 4. The molecule has 2 aliphatic carbocycles. The summed E-state index contributed by atoms with van der Waals surface area (Å²) in [5.74, 6) is -6.69. The molecule has 4 aliphatic rings. The fourth-order valence-corrected chi connectivity index (χ4v) is 9.88. The third-order valence-electron chi connectivity index (χ3n) is 10.7. The Bertz CT molecular complexity index is 2000. The number of carbonyl (C=O) groups is 5. The summed E-state index contributed by atoms with van der Waals surface area (Å²) in [6.45, 7) is -0.0204. The van der Waals surface area contributed by atoms with Gasteiger partial charge in [0.05, 0.1) is 40.4 Å². The van der Waals surface area contributed by atoms with Crippen molar-refractivity contribution in [3.8, 4) is 11.5 Å². The van der Waals surface area contributed by atoms with E-state index in [1.165, 1.54) is 16.9 Å². The second-order valence-electron chi connectivity index (χ2n) is 13.1. The maximum Gasteiger partial charge on any atom is 0.303 e. The van der Waals surface area contributed by atoms with Crippen molar-refractivity contribution in [1.82, 2.24) is 4.90 Å². The average Bonchev–Trinajstić information content (AvgIpc) is 3.48. The first kappa shape index (κ1) is 34.4. The SMILES string of the molecule is COc1cc([C@H]2C3=CC[C@@H]4C(=O)N(CCCC(=O)O)C(=O)[C@@H]4[C@@H]3C[C@H]3C(=O)N(c4cccc(Cl)c4)C(=O)[C@@]23c2ccccc2)c(Br)c(Br)c1O. The van der Waals surface area contributed by atoms with Crippen LogP contribution in [0.15, 0.2) is 81.3 Å². The van der Waals surface area contributed by atoms with Crippen LogP contribution in [0.3, 0.4) is 0 Å². The molecule has 3 fully saturated rings. The molecule has 0 spiro atoms. The van der Waals surface area contributed by atoms with Crippen LogP contribution in [0.25, 0.3) is 0 Å². The van der Waals surface area contributed by atoms with E-state index in [1.54, 1.807) is 30.3 Å². The highest BCUT2D eigenvalue weighted by molar-refractivity contribution is 9.13. The Morgan fingerprint density at radius 2 is 1.72 bits per heavy atom. The van der Waals surface area contributed by atoms with Gasteiger partial charge in [0.25, 0.3) is 0 Å². The number of hydrogen-bond acceptors (Lipinski definition) is 7. The summed E-state index contributed by atoms with van der Waals surface area (Å²) in [4.78, 5) is 71.7. The second-order valence-corrected chi connectivity index (χ2v) is 15.1. The van der Waals surface area contributed by atoms with Crippen LogP contribution >= 0.6 is 43.5 Å². The van der Waals surface area contributed by atoms with E-state index < -0.39 is 58.7 Å². The zero-order valence-corrected chi connectivity index (χ0v) is 30.6. The fraction of sp³-hybridized carbons (Fsp3) is 0.324. The summed E-state index contributed by atoms with van der Waals surface area (Å²) in [5, 5.41) is 20.5. The number of aliphatic carboxylic acids is 1. The highest BCUT2D eigenvalue weighted by Gasteiger charge is 2.70. The van der Waals surface area contributed by atoms with Crippen molar-refractivity contribution in [3.63, 3.8) is 0 Å². The molecule has 0 unspecified atom stereocenters. The molecule has 6 atom stereocenters. The number of allylic oxidation sites excluding steroid dienone is 2. The number of likely N-dealkylation sites (tertiary alicyclic amines) is 1. The molecule has 13 heteroatoms. The molecular formula is C37H31Br2ClN2O8. The molecule has 4 amide bonds. The number of halogens is 3. The Morgan fingerprint density at radius 1 is 0.980 bits per heavy atom. The molecule has 2 aliphatic heterocycles. The van der Waals surface area contributed by atoms with E-state index in [1.807, 2.05) is 36.4 Å². The first-order valence-corrected chi connectivity index (χ1v) is 18.1. The summed E-state index contributed by atoms with van der Waals surface area (Å²) < 4.78 is 6.29. The molecule has 7 rings (SSSR count). The van der Waals surface area contributed by atoms with E-state index in [9.17, 15) is 29.4 Å². The number of carbonyl (C=O) groups excluding carboxylic acids is 4. The number of benzene rings is 3. The van der Waals surface area contributed by atoms with Crippen LogP contribution in [0.1, 0.15) is 42.7 Å². The molecule has 2 N–H and O–H groups in total. The lowest BCUT2D eigenvalue weighted by atomic mass is 9.49. The van der Waals surface area contributed by atoms with Crippen molar-refractivity contribution in [2.75, 3.05) is 18.6 Å². The predicted octanol–water partition coefficient (Wildman–Crippen LogP) is 6.61. The number of hydrogen-bond donors (Lipinski definition) is 2. The predicted molar refractivity (Wildman–Crippen MR) is 190 cm³/mol. The van der Waals surface area contributed by atoms with Gasteiger partial charge in [-0.05, 0) is 92.4 Å². The Kier molecular flexibility index (Phi) is 8.93. The van der Waals surface area contributed by atoms with E-state index in [2.05, 4.69) is 31.9 Å². The number of aromatic hydroxyl groups is 1. The summed E-state index contributed by atoms with van der Waals surface area (Å²) >= 11 is 13.5. The number of phenols is 1. The molecule has 3 aromatic carbocycles. The molecule has 1 saturated carbocycles. The summed E-state index contributed by atoms with van der Waals surface area (Å²) in [5.41, 5.74) is 0.657. The molecular weight excluding hydrogens is 796 g/mol. The summed E-state index contributed by atoms with van der Waals surface area (Å²) in [6.07, 6.45) is 2.19. The van der Waals surface area contributed by atoms with Gasteiger partial charge in [-0.1, -0.05) is 59.6 Å². The summed E-state index contributed by atoms with van der Waals surface area (Å²) in [7, 11) is 1.41. The van der Waals surface area contributed by atoms with Crippen molar-refractivity contribution in [2.45, 2.75) is 37.0 Å². The molecule has 2 saturated heterocycles. The largest absolute Gasteiger partial charge is 0.503 e. The zero-order valence-electron chi connectivity index (χ0n) is 26.6. The Balaban J connectivity index is 1.48. The zero-order chi connectivity index (χ0) is 35.6. The van der Waals surface area contributed by atoms with Gasteiger partial charge >= 0.3 is 5.97 Å². The van der Waals surface area contributed by atoms with Crippen molar-refractivity contribution in [2.24, 2.45) is 23.7 Å². The van der Waals surface area contributed by atoms with Gasteiger partial charge in [-0.2, -0.15) is 0 Å². The maximum absolute atomic E-state index is 15.4. The Labute approximate surface area is 309 Å². The van der Waals surface area contributed by atoms with Gasteiger partial charge in [-0.15, -0.1) is 0 Å².